The van der Waals surface area contributed by atoms with Crippen molar-refractivity contribution in [2.75, 3.05) is 0 Å². The lowest BCUT2D eigenvalue weighted by molar-refractivity contribution is -0.123. The lowest BCUT2D eigenvalue weighted by atomic mass is 9.82. The zero-order chi connectivity index (χ0) is 13.5. The van der Waals surface area contributed by atoms with Crippen molar-refractivity contribution in [3.63, 3.8) is 0 Å². The first-order chi connectivity index (χ1) is 8.86. The smallest absolute Gasteiger partial charge is 0.143 e. The van der Waals surface area contributed by atoms with Crippen LogP contribution in [0.5, 0.6) is 0 Å². The Bertz CT molecular complexity index is 355. The highest BCUT2D eigenvalue weighted by Crippen LogP contribution is 2.50. The van der Waals surface area contributed by atoms with Gasteiger partial charge >= 0.3 is 0 Å². The Labute approximate surface area is 112 Å². The summed E-state index contributed by atoms with van der Waals surface area (Å²) in [4.78, 5) is 12.0. The van der Waals surface area contributed by atoms with Gasteiger partial charge in [0, 0.05) is 11.8 Å². The van der Waals surface area contributed by atoms with Gasteiger partial charge in [0.15, 0.2) is 0 Å². The Morgan fingerprint density at radius 1 is 0.944 bits per heavy atom. The summed E-state index contributed by atoms with van der Waals surface area (Å²) in [6, 6.07) is 10.3. The minimum absolute atomic E-state index is 0.231. The standard InChI is InChI=1S/C13H14O.2C2H6/c14-13-11-7-6-10(8-11)12(13)9-4-2-1-3-5-9;2*1-2/h1-5,10-12H,6-8H2;2*1-2H3. The molecule has 0 saturated heterocycles. The molecule has 0 aliphatic heterocycles. The Hall–Kier alpha value is -1.11. The maximum atomic E-state index is 12.0. The van der Waals surface area contributed by atoms with E-state index in [1.807, 2.05) is 45.9 Å². The SMILES string of the molecule is CC.CC.O=C1C2CCC(C2)C1c1ccccc1. The first kappa shape index (κ1) is 14.9. The van der Waals surface area contributed by atoms with E-state index in [0.717, 1.165) is 12.8 Å². The molecular formula is C17H26O. The third-order valence-electron chi connectivity index (χ3n) is 3.81. The van der Waals surface area contributed by atoms with Crippen LogP contribution >= 0.6 is 0 Å². The van der Waals surface area contributed by atoms with Gasteiger partial charge in [-0.3, -0.25) is 4.79 Å². The zero-order valence-corrected chi connectivity index (χ0v) is 12.1. The molecule has 3 rings (SSSR count). The molecule has 2 aliphatic rings. The molecule has 18 heavy (non-hydrogen) atoms. The normalized spacial score (nSPS) is 28.0. The fraction of sp³-hybridized carbons (Fsp3) is 0.588. The molecule has 2 bridgehead atoms. The Kier molecular flexibility index (Phi) is 6.11. The molecule has 2 saturated carbocycles. The molecule has 3 unspecified atom stereocenters. The fourth-order valence-corrected chi connectivity index (χ4v) is 3.16. The minimum Gasteiger partial charge on any atom is -0.299 e. The van der Waals surface area contributed by atoms with Gasteiger partial charge in [-0.1, -0.05) is 58.0 Å². The molecule has 100 valence electrons. The molecule has 0 radical (unpaired) electrons. The highest BCUT2D eigenvalue weighted by molar-refractivity contribution is 5.91. The lowest BCUT2D eigenvalue weighted by Gasteiger charge is -2.20. The van der Waals surface area contributed by atoms with E-state index in [1.165, 1.54) is 12.0 Å². The molecule has 0 heterocycles. The molecule has 0 amide bonds. The molecule has 0 spiro atoms. The average Bonchev–Trinajstić information content (AvgIpc) is 3.05. The van der Waals surface area contributed by atoms with Gasteiger partial charge in [0.1, 0.15) is 5.78 Å². The van der Waals surface area contributed by atoms with Crippen molar-refractivity contribution < 1.29 is 4.79 Å². The Morgan fingerprint density at radius 2 is 1.56 bits per heavy atom. The number of carbonyl (C=O) groups excluding carboxylic acids is 1. The van der Waals surface area contributed by atoms with Crippen LogP contribution in [0.2, 0.25) is 0 Å². The van der Waals surface area contributed by atoms with Crippen molar-refractivity contribution in [3.05, 3.63) is 35.9 Å². The molecule has 3 atom stereocenters. The van der Waals surface area contributed by atoms with Crippen molar-refractivity contribution in [1.82, 2.24) is 0 Å². The summed E-state index contributed by atoms with van der Waals surface area (Å²) < 4.78 is 0. The molecule has 0 N–H and O–H groups in total. The molecule has 1 aromatic carbocycles. The molecule has 0 aromatic heterocycles. The number of hydrogen-bond donors (Lipinski definition) is 0. The van der Waals surface area contributed by atoms with Crippen molar-refractivity contribution in [3.8, 4) is 0 Å². The molecule has 1 nitrogen and oxygen atoms in total. The van der Waals surface area contributed by atoms with E-state index in [2.05, 4.69) is 12.1 Å². The number of rotatable bonds is 1. The summed E-state index contributed by atoms with van der Waals surface area (Å²) in [7, 11) is 0. The molecule has 1 heteroatoms. The summed E-state index contributed by atoms with van der Waals surface area (Å²) >= 11 is 0. The summed E-state index contributed by atoms with van der Waals surface area (Å²) in [6.07, 6.45) is 3.56. The van der Waals surface area contributed by atoms with Gasteiger partial charge in [-0.15, -0.1) is 0 Å². The number of carbonyl (C=O) groups is 1. The van der Waals surface area contributed by atoms with Crippen LogP contribution in [0.25, 0.3) is 0 Å². The van der Waals surface area contributed by atoms with Gasteiger partial charge < -0.3 is 0 Å². The van der Waals surface area contributed by atoms with Crippen LogP contribution in [-0.4, -0.2) is 5.78 Å². The van der Waals surface area contributed by atoms with E-state index in [0.29, 0.717) is 17.6 Å². The van der Waals surface area contributed by atoms with Crippen LogP contribution in [0.1, 0.15) is 58.4 Å². The summed E-state index contributed by atoms with van der Waals surface area (Å²) in [5.74, 6) is 1.78. The Morgan fingerprint density at radius 3 is 2.06 bits per heavy atom. The van der Waals surface area contributed by atoms with E-state index < -0.39 is 0 Å². The fourth-order valence-electron chi connectivity index (χ4n) is 3.16. The maximum Gasteiger partial charge on any atom is 0.143 e. The van der Waals surface area contributed by atoms with Gasteiger partial charge in [0.25, 0.3) is 0 Å². The van der Waals surface area contributed by atoms with Crippen molar-refractivity contribution in [1.29, 1.82) is 0 Å². The van der Waals surface area contributed by atoms with Gasteiger partial charge in [0.2, 0.25) is 0 Å². The molecule has 2 fully saturated rings. The monoisotopic (exact) mass is 246 g/mol. The highest BCUT2D eigenvalue weighted by Gasteiger charge is 2.46. The third-order valence-corrected chi connectivity index (χ3v) is 3.81. The second kappa shape index (κ2) is 7.35. The third kappa shape index (κ3) is 2.82. The number of benzene rings is 1. The molecular weight excluding hydrogens is 220 g/mol. The van der Waals surface area contributed by atoms with Crippen LogP contribution in [-0.2, 0) is 4.79 Å². The summed E-state index contributed by atoms with van der Waals surface area (Å²) in [6.45, 7) is 8.00. The van der Waals surface area contributed by atoms with Gasteiger partial charge in [-0.25, -0.2) is 0 Å². The van der Waals surface area contributed by atoms with Crippen molar-refractivity contribution in [2.24, 2.45) is 11.8 Å². The first-order valence-corrected chi connectivity index (χ1v) is 7.45. The maximum absolute atomic E-state index is 12.0. The number of Topliss-reactive ketones (excluding diaryl/α,β-unsaturated/α-hetero) is 1. The average molecular weight is 246 g/mol. The van der Waals surface area contributed by atoms with Crippen molar-refractivity contribution >= 4 is 5.78 Å². The number of hydrogen-bond acceptors (Lipinski definition) is 1. The quantitative estimate of drug-likeness (QED) is 0.694. The van der Waals surface area contributed by atoms with Gasteiger partial charge in [-0.2, -0.15) is 0 Å². The lowest BCUT2D eigenvalue weighted by Crippen LogP contribution is -2.19. The van der Waals surface area contributed by atoms with E-state index in [-0.39, 0.29) is 5.92 Å². The minimum atomic E-state index is 0.231. The molecule has 1 aromatic rings. The number of ketones is 1. The summed E-state index contributed by atoms with van der Waals surface area (Å²) in [5, 5.41) is 0. The van der Waals surface area contributed by atoms with Gasteiger partial charge in [-0.05, 0) is 30.7 Å². The topological polar surface area (TPSA) is 17.1 Å². The van der Waals surface area contributed by atoms with E-state index in [4.69, 9.17) is 0 Å². The van der Waals surface area contributed by atoms with Crippen LogP contribution in [0, 0.1) is 11.8 Å². The van der Waals surface area contributed by atoms with Crippen LogP contribution < -0.4 is 0 Å². The second-order valence-corrected chi connectivity index (χ2v) is 4.56. The Balaban J connectivity index is 0.000000371. The summed E-state index contributed by atoms with van der Waals surface area (Å²) in [5.41, 5.74) is 1.24. The largest absolute Gasteiger partial charge is 0.299 e. The van der Waals surface area contributed by atoms with E-state index >= 15 is 0 Å². The zero-order valence-electron chi connectivity index (χ0n) is 12.1. The molecule has 2 aliphatic carbocycles. The first-order valence-electron chi connectivity index (χ1n) is 7.45. The van der Waals surface area contributed by atoms with Crippen LogP contribution in [0.15, 0.2) is 30.3 Å². The van der Waals surface area contributed by atoms with Crippen molar-refractivity contribution in [2.45, 2.75) is 52.9 Å². The predicted octanol–water partition coefficient (Wildman–Crippen LogP) is 4.82. The highest BCUT2D eigenvalue weighted by atomic mass is 16.1. The van der Waals surface area contributed by atoms with Crippen LogP contribution in [0.3, 0.4) is 0 Å². The van der Waals surface area contributed by atoms with Crippen LogP contribution in [0.4, 0.5) is 0 Å². The van der Waals surface area contributed by atoms with Gasteiger partial charge in [0.05, 0.1) is 0 Å². The number of fused-ring (bicyclic) bond motifs is 2. The second-order valence-electron chi connectivity index (χ2n) is 4.56. The predicted molar refractivity (Wildman–Crippen MR) is 77.7 cm³/mol. The van der Waals surface area contributed by atoms with E-state index in [1.54, 1.807) is 0 Å². The van der Waals surface area contributed by atoms with E-state index in [9.17, 15) is 4.79 Å².